The number of nitrogens with zero attached hydrogens (tertiary/aromatic N) is 2. The van der Waals surface area contributed by atoms with Gasteiger partial charge in [-0.15, -0.1) is 0 Å². The Balaban J connectivity index is 1.97. The molecule has 0 atom stereocenters. The predicted molar refractivity (Wildman–Crippen MR) is 140 cm³/mol. The average molecular weight is 495 g/mol. The number of phenols is 1. The van der Waals surface area contributed by atoms with Gasteiger partial charge in [-0.3, -0.25) is 9.98 Å². The first-order valence-corrected chi connectivity index (χ1v) is 10.9. The standard InChI is InChI=1S/C27H30N2O7/c1-16-8-17(14-28-19-10-21(31-2)26(35-6)22(11-19)32-3)25(30)18(9-16)15-29-20-12-23(33-4)27(36-7)24(13-20)34-5/h8-15,30H,1-7H3. The van der Waals surface area contributed by atoms with E-state index < -0.39 is 0 Å². The molecule has 0 amide bonds. The number of aliphatic imine (C=N–C) groups is 2. The number of ether oxygens (including phenoxy) is 6. The minimum absolute atomic E-state index is 0.0352. The van der Waals surface area contributed by atoms with Crippen molar-refractivity contribution in [2.75, 3.05) is 42.7 Å². The molecule has 0 aliphatic carbocycles. The summed E-state index contributed by atoms with van der Waals surface area (Å²) < 4.78 is 32.2. The highest BCUT2D eigenvalue weighted by Crippen LogP contribution is 2.42. The minimum atomic E-state index is 0.0352. The zero-order valence-corrected chi connectivity index (χ0v) is 21.4. The second-order valence-electron chi connectivity index (χ2n) is 7.58. The second-order valence-corrected chi connectivity index (χ2v) is 7.58. The number of phenolic OH excluding ortho intramolecular Hbond substituents is 1. The van der Waals surface area contributed by atoms with Crippen LogP contribution in [0.4, 0.5) is 11.4 Å². The highest BCUT2D eigenvalue weighted by atomic mass is 16.5. The van der Waals surface area contributed by atoms with Gasteiger partial charge in [-0.05, 0) is 24.6 Å². The maximum atomic E-state index is 10.9. The van der Waals surface area contributed by atoms with Crippen LogP contribution in [-0.2, 0) is 0 Å². The van der Waals surface area contributed by atoms with Crippen LogP contribution in [0.15, 0.2) is 46.4 Å². The first-order valence-electron chi connectivity index (χ1n) is 10.9. The van der Waals surface area contributed by atoms with Gasteiger partial charge in [-0.2, -0.15) is 0 Å². The van der Waals surface area contributed by atoms with E-state index in [2.05, 4.69) is 9.98 Å². The Morgan fingerprint density at radius 2 is 0.889 bits per heavy atom. The highest BCUT2D eigenvalue weighted by molar-refractivity contribution is 5.94. The first kappa shape index (κ1) is 26.2. The molecule has 0 fully saturated rings. The Morgan fingerprint density at radius 1 is 0.556 bits per heavy atom. The molecule has 0 aromatic heterocycles. The van der Waals surface area contributed by atoms with E-state index in [4.69, 9.17) is 28.4 Å². The maximum absolute atomic E-state index is 10.9. The Labute approximate surface area is 210 Å². The monoisotopic (exact) mass is 494 g/mol. The molecule has 0 spiro atoms. The minimum Gasteiger partial charge on any atom is -0.507 e. The number of aromatic hydroxyl groups is 1. The molecule has 9 heteroatoms. The zero-order chi connectivity index (χ0) is 26.2. The Morgan fingerprint density at radius 3 is 1.17 bits per heavy atom. The molecule has 0 bridgehead atoms. The number of rotatable bonds is 10. The quantitative estimate of drug-likeness (QED) is 0.384. The van der Waals surface area contributed by atoms with Crippen LogP contribution in [0.5, 0.6) is 40.2 Å². The van der Waals surface area contributed by atoms with Gasteiger partial charge in [0, 0.05) is 47.8 Å². The number of hydrogen-bond donors (Lipinski definition) is 1. The fraction of sp³-hybridized carbons (Fsp3) is 0.259. The molecule has 36 heavy (non-hydrogen) atoms. The van der Waals surface area contributed by atoms with E-state index in [1.54, 1.807) is 36.7 Å². The van der Waals surface area contributed by atoms with Crippen LogP contribution in [0.2, 0.25) is 0 Å². The fourth-order valence-corrected chi connectivity index (χ4v) is 3.60. The Kier molecular flexibility index (Phi) is 8.61. The van der Waals surface area contributed by atoms with E-state index in [9.17, 15) is 5.11 Å². The van der Waals surface area contributed by atoms with Gasteiger partial charge < -0.3 is 33.5 Å². The number of aryl methyl sites for hydroxylation is 1. The molecule has 0 saturated heterocycles. The van der Waals surface area contributed by atoms with Crippen LogP contribution in [0, 0.1) is 6.92 Å². The molecular weight excluding hydrogens is 464 g/mol. The highest BCUT2D eigenvalue weighted by Gasteiger charge is 2.14. The largest absolute Gasteiger partial charge is 0.507 e. The third kappa shape index (κ3) is 5.63. The summed E-state index contributed by atoms with van der Waals surface area (Å²) in [7, 11) is 9.23. The summed E-state index contributed by atoms with van der Waals surface area (Å²) in [6.45, 7) is 1.92. The van der Waals surface area contributed by atoms with Gasteiger partial charge in [-0.1, -0.05) is 0 Å². The molecule has 1 N–H and O–H groups in total. The molecule has 190 valence electrons. The maximum Gasteiger partial charge on any atom is 0.203 e. The van der Waals surface area contributed by atoms with Gasteiger partial charge >= 0.3 is 0 Å². The van der Waals surface area contributed by atoms with Crippen molar-refractivity contribution in [1.29, 1.82) is 0 Å². The van der Waals surface area contributed by atoms with Crippen LogP contribution in [0.1, 0.15) is 16.7 Å². The lowest BCUT2D eigenvalue weighted by Crippen LogP contribution is -1.95. The fourth-order valence-electron chi connectivity index (χ4n) is 3.60. The molecule has 3 rings (SSSR count). The molecule has 0 aliphatic heterocycles. The van der Waals surface area contributed by atoms with Crippen molar-refractivity contribution in [1.82, 2.24) is 0 Å². The van der Waals surface area contributed by atoms with Crippen molar-refractivity contribution in [3.05, 3.63) is 53.1 Å². The van der Waals surface area contributed by atoms with Gasteiger partial charge in [0.2, 0.25) is 11.5 Å². The summed E-state index contributed by atoms with van der Waals surface area (Å²) in [5.41, 5.74) is 3.10. The molecule has 0 radical (unpaired) electrons. The van der Waals surface area contributed by atoms with Crippen molar-refractivity contribution in [2.45, 2.75) is 6.92 Å². The molecular formula is C27H30N2O7. The lowest BCUT2D eigenvalue weighted by Gasteiger charge is -2.13. The number of benzene rings is 3. The molecule has 0 unspecified atom stereocenters. The Hall–Kier alpha value is -4.40. The van der Waals surface area contributed by atoms with E-state index in [-0.39, 0.29) is 5.75 Å². The van der Waals surface area contributed by atoms with E-state index in [0.29, 0.717) is 57.0 Å². The van der Waals surface area contributed by atoms with Gasteiger partial charge in [0.1, 0.15) is 5.75 Å². The summed E-state index contributed by atoms with van der Waals surface area (Å²) in [5.74, 6) is 2.91. The lowest BCUT2D eigenvalue weighted by molar-refractivity contribution is 0.324. The van der Waals surface area contributed by atoms with Gasteiger partial charge in [-0.25, -0.2) is 0 Å². The molecule has 0 saturated carbocycles. The van der Waals surface area contributed by atoms with E-state index in [1.807, 2.05) is 19.1 Å². The Bertz CT molecular complexity index is 1140. The third-order valence-electron chi connectivity index (χ3n) is 5.32. The number of methoxy groups -OCH3 is 6. The van der Waals surface area contributed by atoms with Gasteiger partial charge in [0.25, 0.3) is 0 Å². The van der Waals surface area contributed by atoms with Crippen LogP contribution in [-0.4, -0.2) is 60.2 Å². The van der Waals surface area contributed by atoms with Crippen molar-refractivity contribution >= 4 is 23.8 Å². The predicted octanol–water partition coefficient (Wildman–Crippen LogP) is 5.25. The van der Waals surface area contributed by atoms with Crippen LogP contribution in [0.3, 0.4) is 0 Å². The molecule has 3 aromatic rings. The van der Waals surface area contributed by atoms with Gasteiger partial charge in [0.05, 0.1) is 54.0 Å². The van der Waals surface area contributed by atoms with Crippen molar-refractivity contribution in [3.63, 3.8) is 0 Å². The molecule has 0 aliphatic rings. The van der Waals surface area contributed by atoms with Crippen molar-refractivity contribution in [3.8, 4) is 40.2 Å². The summed E-state index contributed by atoms with van der Waals surface area (Å²) in [5, 5.41) is 10.9. The first-order chi connectivity index (χ1) is 17.4. The summed E-state index contributed by atoms with van der Waals surface area (Å²) in [6.07, 6.45) is 3.14. The normalized spacial score (nSPS) is 11.1. The van der Waals surface area contributed by atoms with Crippen LogP contribution in [0.25, 0.3) is 0 Å². The van der Waals surface area contributed by atoms with Crippen molar-refractivity contribution in [2.24, 2.45) is 9.98 Å². The average Bonchev–Trinajstić information content (AvgIpc) is 2.90. The van der Waals surface area contributed by atoms with Gasteiger partial charge in [0.15, 0.2) is 23.0 Å². The van der Waals surface area contributed by atoms with Crippen molar-refractivity contribution < 1.29 is 33.5 Å². The van der Waals surface area contributed by atoms with E-state index in [0.717, 1.165) is 5.56 Å². The summed E-state index contributed by atoms with van der Waals surface area (Å²) in [6, 6.07) is 10.5. The number of hydrogen-bond acceptors (Lipinski definition) is 9. The van der Waals surface area contributed by atoms with E-state index in [1.165, 1.54) is 42.7 Å². The SMILES string of the molecule is COc1cc(N=Cc2cc(C)cc(C=Nc3cc(OC)c(OC)c(OC)c3)c2O)cc(OC)c1OC. The van der Waals surface area contributed by atoms with Crippen LogP contribution >= 0.6 is 0 Å². The van der Waals surface area contributed by atoms with Crippen LogP contribution < -0.4 is 28.4 Å². The lowest BCUT2D eigenvalue weighted by atomic mass is 10.1. The molecule has 3 aromatic carbocycles. The smallest absolute Gasteiger partial charge is 0.203 e. The molecule has 9 nitrogen and oxygen atoms in total. The topological polar surface area (TPSA) is 100 Å². The summed E-state index contributed by atoms with van der Waals surface area (Å²) >= 11 is 0. The van der Waals surface area contributed by atoms with E-state index >= 15 is 0 Å². The zero-order valence-electron chi connectivity index (χ0n) is 21.4. The third-order valence-corrected chi connectivity index (χ3v) is 5.32. The second kappa shape index (κ2) is 11.8. The summed E-state index contributed by atoms with van der Waals surface area (Å²) in [4.78, 5) is 9.01. The molecule has 0 heterocycles.